The summed E-state index contributed by atoms with van der Waals surface area (Å²) in [7, 11) is -2.94. The molecule has 4 heteroatoms. The van der Waals surface area contributed by atoms with Crippen LogP contribution in [0.3, 0.4) is 0 Å². The number of hydrogen-bond donors (Lipinski definition) is 2. The number of hydrogen-bond acceptors (Lipinski definition) is 2. The van der Waals surface area contributed by atoms with Gasteiger partial charge in [0.15, 0.2) is 0 Å². The van der Waals surface area contributed by atoms with E-state index in [0.29, 0.717) is 12.7 Å². The van der Waals surface area contributed by atoms with E-state index in [1.165, 1.54) is 0 Å². The fraction of sp³-hybridized carbons (Fsp3) is 1.00. The Bertz CT molecular complexity index is 172. The van der Waals surface area contributed by atoms with E-state index in [1.54, 1.807) is 0 Å². The van der Waals surface area contributed by atoms with Crippen molar-refractivity contribution in [2.45, 2.75) is 32.9 Å². The van der Waals surface area contributed by atoms with Gasteiger partial charge in [0.25, 0.3) is 0 Å². The first-order valence-corrected chi connectivity index (χ1v) is 6.37. The summed E-state index contributed by atoms with van der Waals surface area (Å²) in [4.78, 5) is 9.58. The van der Waals surface area contributed by atoms with Gasteiger partial charge in [-0.1, -0.05) is 20.8 Å². The molecule has 74 valence electrons. The Morgan fingerprint density at radius 3 is 2.33 bits per heavy atom. The van der Waals surface area contributed by atoms with Crippen LogP contribution in [0, 0.1) is 5.92 Å². The zero-order chi connectivity index (χ0) is 9.78. The molecule has 0 aromatic rings. The first kappa shape index (κ1) is 12.2. The van der Waals surface area contributed by atoms with Gasteiger partial charge >= 0.3 is 0 Å². The van der Waals surface area contributed by atoms with Crippen molar-refractivity contribution in [3.8, 4) is 0 Å². The maximum Gasteiger partial charge on any atom is 0.203 e. The molecule has 0 aliphatic rings. The van der Waals surface area contributed by atoms with Crippen LogP contribution in [0.15, 0.2) is 0 Å². The molecule has 0 aromatic heterocycles. The third-order valence-electron chi connectivity index (χ3n) is 2.26. The largest absolute Gasteiger partial charge is 0.344 e. The predicted molar refractivity (Wildman–Crippen MR) is 52.7 cm³/mol. The lowest BCUT2D eigenvalue weighted by Crippen LogP contribution is -2.17. The van der Waals surface area contributed by atoms with Crippen molar-refractivity contribution in [2.75, 3.05) is 12.7 Å². The van der Waals surface area contributed by atoms with Crippen LogP contribution in [0.1, 0.15) is 27.2 Å². The van der Waals surface area contributed by atoms with E-state index >= 15 is 0 Å². The summed E-state index contributed by atoms with van der Waals surface area (Å²) in [6, 6.07) is 0. The Balaban J connectivity index is 4.12. The van der Waals surface area contributed by atoms with Gasteiger partial charge < -0.3 is 10.6 Å². The Kier molecular flexibility index (Phi) is 5.07. The molecule has 0 amide bonds. The molecular weight excluding hydrogens is 173 g/mol. The first-order chi connectivity index (χ1) is 5.44. The van der Waals surface area contributed by atoms with Gasteiger partial charge in [-0.25, -0.2) is 0 Å². The molecule has 3 N–H and O–H groups in total. The highest BCUT2D eigenvalue weighted by Crippen LogP contribution is 2.48. The molecule has 0 bridgehead atoms. The standard InChI is InChI=1S/C8H20NO2P/c1-4-8(3)12(10,11)6-7(2)5-9/h7-8H,4-6,9H2,1-3H3,(H,10,11). The van der Waals surface area contributed by atoms with Gasteiger partial charge in [-0.2, -0.15) is 0 Å². The zero-order valence-corrected chi connectivity index (χ0v) is 9.05. The monoisotopic (exact) mass is 193 g/mol. The maximum absolute atomic E-state index is 11.6. The van der Waals surface area contributed by atoms with Gasteiger partial charge in [-0.3, -0.25) is 4.57 Å². The van der Waals surface area contributed by atoms with Crippen LogP contribution in [0.5, 0.6) is 0 Å². The Labute approximate surface area is 74.8 Å². The van der Waals surface area contributed by atoms with Gasteiger partial charge in [0.1, 0.15) is 0 Å². The summed E-state index contributed by atoms with van der Waals surface area (Å²) in [5.74, 6) is 0.148. The number of nitrogens with two attached hydrogens (primary N) is 1. The highest BCUT2D eigenvalue weighted by atomic mass is 31.2. The van der Waals surface area contributed by atoms with Gasteiger partial charge in [0.05, 0.1) is 0 Å². The maximum atomic E-state index is 11.6. The summed E-state index contributed by atoms with van der Waals surface area (Å²) in [6.45, 7) is 6.15. The lowest BCUT2D eigenvalue weighted by Gasteiger charge is -2.20. The molecule has 0 saturated carbocycles. The number of rotatable bonds is 5. The summed E-state index contributed by atoms with van der Waals surface area (Å²) in [5.41, 5.74) is 5.30. The van der Waals surface area contributed by atoms with Gasteiger partial charge in [-0.05, 0) is 18.9 Å². The van der Waals surface area contributed by atoms with Crippen LogP contribution in [0.25, 0.3) is 0 Å². The van der Waals surface area contributed by atoms with Crippen LogP contribution in [-0.2, 0) is 4.57 Å². The first-order valence-electron chi connectivity index (χ1n) is 4.45. The summed E-state index contributed by atoms with van der Waals surface area (Å²) < 4.78 is 11.6. The fourth-order valence-corrected chi connectivity index (χ4v) is 2.96. The summed E-state index contributed by atoms with van der Waals surface area (Å²) >= 11 is 0. The van der Waals surface area contributed by atoms with E-state index in [4.69, 9.17) is 5.73 Å². The molecule has 3 atom stereocenters. The second-order valence-corrected chi connectivity index (χ2v) is 6.29. The average molecular weight is 193 g/mol. The minimum atomic E-state index is -2.94. The second kappa shape index (κ2) is 5.00. The van der Waals surface area contributed by atoms with Crippen LogP contribution in [-0.4, -0.2) is 23.3 Å². The fourth-order valence-electron chi connectivity index (χ4n) is 0.986. The molecule has 0 spiro atoms. The zero-order valence-electron chi connectivity index (χ0n) is 8.16. The van der Waals surface area contributed by atoms with Crippen LogP contribution in [0.4, 0.5) is 0 Å². The van der Waals surface area contributed by atoms with Gasteiger partial charge in [0.2, 0.25) is 7.37 Å². The Morgan fingerprint density at radius 2 is 2.00 bits per heavy atom. The SMILES string of the molecule is CCC(C)P(=O)(O)CC(C)CN. The molecule has 0 aliphatic carbocycles. The van der Waals surface area contributed by atoms with E-state index in [2.05, 4.69) is 0 Å². The molecule has 0 fully saturated rings. The van der Waals surface area contributed by atoms with E-state index in [-0.39, 0.29) is 11.6 Å². The molecular formula is C8H20NO2P. The highest BCUT2D eigenvalue weighted by Gasteiger charge is 2.26. The molecule has 3 unspecified atom stereocenters. The van der Waals surface area contributed by atoms with Crippen molar-refractivity contribution in [3.05, 3.63) is 0 Å². The lowest BCUT2D eigenvalue weighted by atomic mass is 10.2. The molecule has 0 saturated heterocycles. The molecule has 12 heavy (non-hydrogen) atoms. The average Bonchev–Trinajstić information content (AvgIpc) is 2.02. The topological polar surface area (TPSA) is 63.3 Å². The lowest BCUT2D eigenvalue weighted by molar-refractivity contribution is 0.451. The van der Waals surface area contributed by atoms with E-state index < -0.39 is 7.37 Å². The van der Waals surface area contributed by atoms with E-state index in [0.717, 1.165) is 6.42 Å². The van der Waals surface area contributed by atoms with E-state index in [9.17, 15) is 9.46 Å². The summed E-state index contributed by atoms with van der Waals surface area (Å²) in [6.07, 6.45) is 1.11. The van der Waals surface area contributed by atoms with Crippen molar-refractivity contribution in [1.82, 2.24) is 0 Å². The normalized spacial score (nSPS) is 21.4. The van der Waals surface area contributed by atoms with Crippen molar-refractivity contribution in [3.63, 3.8) is 0 Å². The molecule has 0 rings (SSSR count). The second-order valence-electron chi connectivity index (χ2n) is 3.54. The molecule has 3 nitrogen and oxygen atoms in total. The quantitative estimate of drug-likeness (QED) is 0.652. The van der Waals surface area contributed by atoms with Crippen LogP contribution in [0.2, 0.25) is 0 Å². The smallest absolute Gasteiger partial charge is 0.203 e. The van der Waals surface area contributed by atoms with Gasteiger partial charge in [-0.15, -0.1) is 0 Å². The van der Waals surface area contributed by atoms with Gasteiger partial charge in [0, 0.05) is 11.8 Å². The Hall–Kier alpha value is 0.150. The minimum Gasteiger partial charge on any atom is -0.344 e. The van der Waals surface area contributed by atoms with Crippen molar-refractivity contribution in [2.24, 2.45) is 11.7 Å². The Morgan fingerprint density at radius 1 is 1.50 bits per heavy atom. The van der Waals surface area contributed by atoms with Crippen molar-refractivity contribution >= 4 is 7.37 Å². The molecule has 0 radical (unpaired) electrons. The molecule has 0 heterocycles. The molecule has 0 aromatic carbocycles. The van der Waals surface area contributed by atoms with Crippen LogP contribution < -0.4 is 5.73 Å². The molecule has 0 aliphatic heterocycles. The third-order valence-corrected chi connectivity index (χ3v) is 5.14. The highest BCUT2D eigenvalue weighted by molar-refractivity contribution is 7.58. The van der Waals surface area contributed by atoms with Crippen molar-refractivity contribution < 1.29 is 9.46 Å². The predicted octanol–water partition coefficient (Wildman–Crippen LogP) is 1.65. The van der Waals surface area contributed by atoms with E-state index in [1.807, 2.05) is 20.8 Å². The van der Waals surface area contributed by atoms with Crippen LogP contribution >= 0.6 is 7.37 Å². The third kappa shape index (κ3) is 3.70. The summed E-state index contributed by atoms with van der Waals surface area (Å²) in [5, 5.41) is 0. The van der Waals surface area contributed by atoms with Crippen molar-refractivity contribution in [1.29, 1.82) is 0 Å². The minimum absolute atomic E-state index is 0.0912.